The number of para-hydroxylation sites is 1. The highest BCUT2D eigenvalue weighted by molar-refractivity contribution is 9.10. The van der Waals surface area contributed by atoms with Gasteiger partial charge in [-0.15, -0.1) is 0 Å². The van der Waals surface area contributed by atoms with Crippen LogP contribution in [0.25, 0.3) is 5.57 Å². The zero-order chi connectivity index (χ0) is 18.6. The molecule has 0 saturated carbocycles. The standard InChI is InChI=1S/C25H24BrN/c1-19-7-5-6-10-25(19)27(23-8-3-2-4-9-23)24-17-13-21(14-18-24)20-11-15-22(26)16-12-20/h2-6,8-17,19,24H,7,18H2,1H3. The van der Waals surface area contributed by atoms with Crippen LogP contribution >= 0.6 is 15.9 Å². The van der Waals surface area contributed by atoms with Crippen molar-refractivity contribution in [2.45, 2.75) is 25.8 Å². The molecule has 2 aromatic rings. The number of rotatable bonds is 4. The topological polar surface area (TPSA) is 3.24 Å². The highest BCUT2D eigenvalue weighted by atomic mass is 79.9. The molecule has 2 unspecified atom stereocenters. The number of hydrogen-bond donors (Lipinski definition) is 0. The van der Waals surface area contributed by atoms with Gasteiger partial charge >= 0.3 is 0 Å². The lowest BCUT2D eigenvalue weighted by molar-refractivity contribution is 0.615. The molecule has 0 bridgehead atoms. The number of benzene rings is 2. The van der Waals surface area contributed by atoms with Crippen LogP contribution in [0.15, 0.2) is 101 Å². The lowest BCUT2D eigenvalue weighted by Crippen LogP contribution is -2.36. The molecular weight excluding hydrogens is 394 g/mol. The maximum atomic E-state index is 3.52. The minimum Gasteiger partial charge on any atom is -0.338 e. The highest BCUT2D eigenvalue weighted by Crippen LogP contribution is 2.34. The first kappa shape index (κ1) is 18.1. The van der Waals surface area contributed by atoms with E-state index < -0.39 is 0 Å². The summed E-state index contributed by atoms with van der Waals surface area (Å²) >= 11 is 3.52. The minimum absolute atomic E-state index is 0.340. The van der Waals surface area contributed by atoms with Gasteiger partial charge in [-0.05, 0) is 60.2 Å². The molecule has 2 heteroatoms. The van der Waals surface area contributed by atoms with Crippen LogP contribution in [-0.2, 0) is 0 Å². The van der Waals surface area contributed by atoms with Gasteiger partial charge in [-0.25, -0.2) is 0 Å². The zero-order valence-electron chi connectivity index (χ0n) is 15.6. The molecular formula is C25H24BrN. The fourth-order valence-electron chi connectivity index (χ4n) is 3.83. The first-order valence-corrected chi connectivity index (χ1v) is 10.4. The molecule has 0 heterocycles. The Morgan fingerprint density at radius 2 is 1.74 bits per heavy atom. The van der Waals surface area contributed by atoms with Gasteiger partial charge in [0.2, 0.25) is 0 Å². The van der Waals surface area contributed by atoms with Gasteiger partial charge in [0.05, 0.1) is 6.04 Å². The van der Waals surface area contributed by atoms with E-state index in [1.54, 1.807) is 0 Å². The average Bonchev–Trinajstić information content (AvgIpc) is 2.72. The lowest BCUT2D eigenvalue weighted by atomic mass is 9.92. The fraction of sp³-hybridized carbons (Fsp3) is 0.200. The Kier molecular flexibility index (Phi) is 5.45. The molecule has 0 saturated heterocycles. The van der Waals surface area contributed by atoms with Crippen LogP contribution in [0.4, 0.5) is 5.69 Å². The molecule has 2 aromatic carbocycles. The van der Waals surface area contributed by atoms with Crippen LogP contribution < -0.4 is 4.90 Å². The van der Waals surface area contributed by atoms with Crippen LogP contribution in [0.5, 0.6) is 0 Å². The largest absolute Gasteiger partial charge is 0.338 e. The second kappa shape index (κ2) is 8.14. The Labute approximate surface area is 170 Å². The normalized spacial score (nSPS) is 21.6. The Hall–Kier alpha value is -2.32. The molecule has 0 amide bonds. The lowest BCUT2D eigenvalue weighted by Gasteiger charge is -2.38. The van der Waals surface area contributed by atoms with Crippen LogP contribution in [0.1, 0.15) is 25.3 Å². The van der Waals surface area contributed by atoms with E-state index in [-0.39, 0.29) is 0 Å². The number of anilines is 1. The van der Waals surface area contributed by atoms with Crippen molar-refractivity contribution in [1.29, 1.82) is 0 Å². The summed E-state index contributed by atoms with van der Waals surface area (Å²) in [5.74, 6) is 0.528. The second-order valence-corrected chi connectivity index (χ2v) is 8.11. The summed E-state index contributed by atoms with van der Waals surface area (Å²) in [5.41, 5.74) is 5.24. The van der Waals surface area contributed by atoms with Crippen LogP contribution in [0.2, 0.25) is 0 Å². The second-order valence-electron chi connectivity index (χ2n) is 7.19. The van der Waals surface area contributed by atoms with E-state index >= 15 is 0 Å². The monoisotopic (exact) mass is 417 g/mol. The summed E-state index contributed by atoms with van der Waals surface area (Å²) in [5, 5.41) is 0. The van der Waals surface area contributed by atoms with Crippen molar-refractivity contribution in [1.82, 2.24) is 0 Å². The summed E-state index contributed by atoms with van der Waals surface area (Å²) in [6, 6.07) is 19.7. The number of halogens is 1. The number of nitrogens with zero attached hydrogens (tertiary/aromatic N) is 1. The molecule has 1 nitrogen and oxygen atoms in total. The molecule has 0 spiro atoms. The van der Waals surface area contributed by atoms with Crippen molar-refractivity contribution in [3.63, 3.8) is 0 Å². The average molecular weight is 418 g/mol. The van der Waals surface area contributed by atoms with Crippen molar-refractivity contribution in [2.75, 3.05) is 4.90 Å². The van der Waals surface area contributed by atoms with Gasteiger partial charge in [0, 0.05) is 15.9 Å². The van der Waals surface area contributed by atoms with Gasteiger partial charge < -0.3 is 4.90 Å². The summed E-state index contributed by atoms with van der Waals surface area (Å²) in [4.78, 5) is 2.51. The highest BCUT2D eigenvalue weighted by Gasteiger charge is 2.25. The third kappa shape index (κ3) is 4.01. The molecule has 2 atom stereocenters. The minimum atomic E-state index is 0.340. The first-order chi connectivity index (χ1) is 13.2. The molecule has 2 aliphatic rings. The van der Waals surface area contributed by atoms with Gasteiger partial charge in [0.1, 0.15) is 0 Å². The number of allylic oxidation sites excluding steroid dienone is 6. The smallest absolute Gasteiger partial charge is 0.0557 e. The fourth-order valence-corrected chi connectivity index (χ4v) is 4.09. The molecule has 0 N–H and O–H groups in total. The Morgan fingerprint density at radius 3 is 2.41 bits per heavy atom. The summed E-state index contributed by atoms with van der Waals surface area (Å²) < 4.78 is 1.12. The van der Waals surface area contributed by atoms with Crippen LogP contribution in [0.3, 0.4) is 0 Å². The van der Waals surface area contributed by atoms with Crippen LogP contribution in [-0.4, -0.2) is 6.04 Å². The molecule has 0 aliphatic heterocycles. The van der Waals surface area contributed by atoms with E-state index in [1.165, 1.54) is 22.5 Å². The van der Waals surface area contributed by atoms with E-state index in [2.05, 4.69) is 119 Å². The Bertz CT molecular complexity index is 903. The van der Waals surface area contributed by atoms with Crippen molar-refractivity contribution in [3.8, 4) is 0 Å². The maximum Gasteiger partial charge on any atom is 0.0557 e. The predicted octanol–water partition coefficient (Wildman–Crippen LogP) is 7.15. The molecule has 0 aromatic heterocycles. The zero-order valence-corrected chi connectivity index (χ0v) is 17.1. The SMILES string of the molecule is CC1CC=CC=C1N(c1ccccc1)C1C=CC(c2ccc(Br)cc2)=CC1. The van der Waals surface area contributed by atoms with E-state index in [4.69, 9.17) is 0 Å². The Morgan fingerprint density at radius 1 is 0.963 bits per heavy atom. The number of hydrogen-bond acceptors (Lipinski definition) is 1. The summed E-state index contributed by atoms with van der Waals surface area (Å²) in [7, 11) is 0. The molecule has 0 fully saturated rings. The van der Waals surface area contributed by atoms with E-state index in [1.807, 2.05) is 0 Å². The summed E-state index contributed by atoms with van der Waals surface area (Å²) in [6.45, 7) is 2.32. The van der Waals surface area contributed by atoms with Crippen LogP contribution in [0, 0.1) is 5.92 Å². The molecule has 0 radical (unpaired) electrons. The van der Waals surface area contributed by atoms with Gasteiger partial charge in [0.15, 0.2) is 0 Å². The Balaban J connectivity index is 1.63. The predicted molar refractivity (Wildman–Crippen MR) is 120 cm³/mol. The van der Waals surface area contributed by atoms with Crippen molar-refractivity contribution in [2.24, 2.45) is 5.92 Å². The van der Waals surface area contributed by atoms with Gasteiger partial charge in [-0.2, -0.15) is 0 Å². The quantitative estimate of drug-likeness (QED) is 0.510. The van der Waals surface area contributed by atoms with Gasteiger partial charge in [0.25, 0.3) is 0 Å². The van der Waals surface area contributed by atoms with Crippen molar-refractivity contribution >= 4 is 27.2 Å². The first-order valence-electron chi connectivity index (χ1n) is 9.57. The summed E-state index contributed by atoms with van der Waals surface area (Å²) in [6.07, 6.45) is 15.8. The van der Waals surface area contributed by atoms with Crippen molar-refractivity contribution in [3.05, 3.63) is 107 Å². The maximum absolute atomic E-state index is 3.52. The third-order valence-corrected chi connectivity index (χ3v) is 5.83. The van der Waals surface area contributed by atoms with Crippen molar-refractivity contribution < 1.29 is 0 Å². The van der Waals surface area contributed by atoms with Gasteiger partial charge in [-0.3, -0.25) is 0 Å². The molecule has 4 rings (SSSR count). The van der Waals surface area contributed by atoms with E-state index in [0.29, 0.717) is 12.0 Å². The molecule has 27 heavy (non-hydrogen) atoms. The molecule has 136 valence electrons. The molecule has 2 aliphatic carbocycles. The van der Waals surface area contributed by atoms with Gasteiger partial charge in [-0.1, -0.05) is 83.6 Å². The van der Waals surface area contributed by atoms with E-state index in [9.17, 15) is 0 Å². The van der Waals surface area contributed by atoms with E-state index in [0.717, 1.165) is 17.3 Å². The third-order valence-electron chi connectivity index (χ3n) is 5.30.